The zero-order chi connectivity index (χ0) is 23.0. The summed E-state index contributed by atoms with van der Waals surface area (Å²) in [7, 11) is 0. The molecule has 0 aliphatic carbocycles. The predicted molar refractivity (Wildman–Crippen MR) is 118 cm³/mol. The lowest BCUT2D eigenvalue weighted by atomic mass is 9.84. The highest BCUT2D eigenvalue weighted by Crippen LogP contribution is 2.39. The molecule has 6 atom stereocenters. The normalized spacial score (nSPS) is 30.1. The van der Waals surface area contributed by atoms with Crippen LogP contribution in [0.1, 0.15) is 53.8 Å². The number of aliphatic hydroxyl groups excluding tert-OH is 4. The van der Waals surface area contributed by atoms with E-state index in [1.165, 1.54) is 5.56 Å². The van der Waals surface area contributed by atoms with Gasteiger partial charge in [0, 0.05) is 13.5 Å². The van der Waals surface area contributed by atoms with E-state index in [4.69, 9.17) is 4.74 Å². The van der Waals surface area contributed by atoms with Crippen molar-refractivity contribution in [1.82, 2.24) is 4.90 Å². The van der Waals surface area contributed by atoms with E-state index in [1.807, 2.05) is 23.1 Å². The van der Waals surface area contributed by atoms with Gasteiger partial charge in [-0.05, 0) is 40.7 Å². The number of amides is 1. The molecule has 0 unspecified atom stereocenters. The van der Waals surface area contributed by atoms with Crippen LogP contribution in [0.5, 0.6) is 0 Å². The third-order valence-electron chi connectivity index (χ3n) is 6.73. The van der Waals surface area contributed by atoms with Crippen molar-refractivity contribution in [3.63, 3.8) is 0 Å². The van der Waals surface area contributed by atoms with Crippen LogP contribution in [0, 0.1) is 0 Å². The summed E-state index contributed by atoms with van der Waals surface area (Å²) in [4.78, 5) is 14.3. The Kier molecular flexibility index (Phi) is 6.65. The Morgan fingerprint density at radius 2 is 1.72 bits per heavy atom. The van der Waals surface area contributed by atoms with Crippen LogP contribution in [0.2, 0.25) is 0 Å². The van der Waals surface area contributed by atoms with Gasteiger partial charge in [-0.15, -0.1) is 0 Å². The van der Waals surface area contributed by atoms with Crippen LogP contribution in [0.3, 0.4) is 0 Å². The first-order chi connectivity index (χ1) is 15.3. The molecule has 4 N–H and O–H groups in total. The number of ether oxygens (including phenoxy) is 1. The van der Waals surface area contributed by atoms with E-state index in [1.54, 1.807) is 6.92 Å². The minimum atomic E-state index is -1.44. The standard InChI is InChI=1S/C25H31NO6/c1-3-15-4-6-17(7-5-15)21-19-12-18(9-8-16(19)10-11-26(21)14(2)28)25-24(31)23(30)22(29)20(13-27)32-25/h4-9,12,20-25,27,29-31H,3,10-11,13H2,1-2H3/t20-,21+,22-,23+,24-,25+/m1/s1. The predicted octanol–water partition coefficient (Wildman–Crippen LogP) is 1.26. The van der Waals surface area contributed by atoms with Crippen molar-refractivity contribution >= 4 is 5.91 Å². The van der Waals surface area contributed by atoms with Gasteiger partial charge in [0.05, 0.1) is 12.6 Å². The Morgan fingerprint density at radius 3 is 2.34 bits per heavy atom. The van der Waals surface area contributed by atoms with E-state index in [2.05, 4.69) is 31.2 Å². The van der Waals surface area contributed by atoms with E-state index in [-0.39, 0.29) is 11.9 Å². The molecule has 172 valence electrons. The molecular weight excluding hydrogens is 410 g/mol. The van der Waals surface area contributed by atoms with E-state index in [0.29, 0.717) is 18.5 Å². The molecule has 32 heavy (non-hydrogen) atoms. The fraction of sp³-hybridized carbons (Fsp3) is 0.480. The number of hydrogen-bond acceptors (Lipinski definition) is 6. The van der Waals surface area contributed by atoms with Crippen LogP contribution < -0.4 is 0 Å². The van der Waals surface area contributed by atoms with Gasteiger partial charge in [-0.3, -0.25) is 4.79 Å². The molecule has 7 nitrogen and oxygen atoms in total. The van der Waals surface area contributed by atoms with Crippen LogP contribution in [-0.2, 0) is 22.4 Å². The molecule has 4 rings (SSSR count). The molecule has 2 aromatic carbocycles. The van der Waals surface area contributed by atoms with Crippen molar-refractivity contribution in [3.05, 3.63) is 70.3 Å². The minimum absolute atomic E-state index is 0.0153. The maximum Gasteiger partial charge on any atom is 0.220 e. The summed E-state index contributed by atoms with van der Waals surface area (Å²) in [6.45, 7) is 3.80. The van der Waals surface area contributed by atoms with Gasteiger partial charge in [0.1, 0.15) is 30.5 Å². The Morgan fingerprint density at radius 1 is 1.03 bits per heavy atom. The number of aryl methyl sites for hydroxylation is 1. The largest absolute Gasteiger partial charge is 0.394 e. The van der Waals surface area contributed by atoms with E-state index >= 15 is 0 Å². The Hall–Kier alpha value is -2.29. The average molecular weight is 442 g/mol. The van der Waals surface area contributed by atoms with Gasteiger partial charge in [0.25, 0.3) is 0 Å². The quantitative estimate of drug-likeness (QED) is 0.569. The van der Waals surface area contributed by atoms with Crippen molar-refractivity contribution in [2.45, 2.75) is 63.3 Å². The molecule has 0 bridgehead atoms. The van der Waals surface area contributed by atoms with Gasteiger partial charge in [-0.1, -0.05) is 49.4 Å². The van der Waals surface area contributed by atoms with Crippen molar-refractivity contribution in [2.24, 2.45) is 0 Å². The van der Waals surface area contributed by atoms with Gasteiger partial charge in [0.2, 0.25) is 5.91 Å². The van der Waals surface area contributed by atoms with Crippen molar-refractivity contribution in [2.75, 3.05) is 13.2 Å². The third-order valence-corrected chi connectivity index (χ3v) is 6.73. The Balaban J connectivity index is 1.76. The molecule has 1 saturated heterocycles. The highest BCUT2D eigenvalue weighted by Gasteiger charge is 2.44. The lowest BCUT2D eigenvalue weighted by Gasteiger charge is -2.41. The summed E-state index contributed by atoms with van der Waals surface area (Å²) in [5.41, 5.74) is 4.91. The molecule has 0 spiro atoms. The maximum absolute atomic E-state index is 12.5. The third kappa shape index (κ3) is 4.07. The van der Waals surface area contributed by atoms with Crippen molar-refractivity contribution in [3.8, 4) is 0 Å². The summed E-state index contributed by atoms with van der Waals surface area (Å²) < 4.78 is 5.76. The SMILES string of the molecule is CCc1ccc([C@H]2c3cc([C@@H]4O[C@H](CO)[C@@H](O)[C@H](O)[C@H]4O)ccc3CCN2C(C)=O)cc1. The first kappa shape index (κ1) is 22.9. The molecule has 2 aromatic rings. The first-order valence-electron chi connectivity index (χ1n) is 11.1. The van der Waals surface area contributed by atoms with E-state index in [0.717, 1.165) is 23.1 Å². The van der Waals surface area contributed by atoms with Crippen LogP contribution in [0.15, 0.2) is 42.5 Å². The van der Waals surface area contributed by atoms with Gasteiger partial charge >= 0.3 is 0 Å². The zero-order valence-electron chi connectivity index (χ0n) is 18.4. The molecule has 2 aliphatic rings. The molecule has 7 heteroatoms. The second kappa shape index (κ2) is 9.29. The molecule has 1 amide bonds. The highest BCUT2D eigenvalue weighted by molar-refractivity contribution is 5.75. The Bertz CT molecular complexity index is 959. The number of aliphatic hydroxyl groups is 4. The van der Waals surface area contributed by atoms with E-state index < -0.39 is 37.1 Å². The average Bonchev–Trinajstić information content (AvgIpc) is 2.81. The molecule has 2 heterocycles. The number of carbonyl (C=O) groups is 1. The molecule has 0 saturated carbocycles. The van der Waals surface area contributed by atoms with E-state index in [9.17, 15) is 25.2 Å². The minimum Gasteiger partial charge on any atom is -0.394 e. The van der Waals surface area contributed by atoms with Crippen molar-refractivity contribution < 1.29 is 30.0 Å². The van der Waals surface area contributed by atoms with Crippen LogP contribution in [-0.4, -0.2) is 68.8 Å². The number of carbonyl (C=O) groups excluding carboxylic acids is 1. The zero-order valence-corrected chi connectivity index (χ0v) is 18.4. The Labute approximate surface area is 187 Å². The van der Waals surface area contributed by atoms with Gasteiger partial charge in [-0.25, -0.2) is 0 Å². The van der Waals surface area contributed by atoms with Gasteiger partial charge in [-0.2, -0.15) is 0 Å². The van der Waals surface area contributed by atoms with Crippen molar-refractivity contribution in [1.29, 1.82) is 0 Å². The summed E-state index contributed by atoms with van der Waals surface area (Å²) in [6.07, 6.45) is -4.42. The fourth-order valence-electron chi connectivity index (χ4n) is 4.82. The number of nitrogens with zero attached hydrogens (tertiary/aromatic N) is 1. The summed E-state index contributed by atoms with van der Waals surface area (Å²) >= 11 is 0. The van der Waals surface area contributed by atoms with Gasteiger partial charge in [0.15, 0.2) is 0 Å². The topological polar surface area (TPSA) is 110 Å². The number of hydrogen-bond donors (Lipinski definition) is 4. The summed E-state index contributed by atoms with van der Waals surface area (Å²) in [5.74, 6) is -0.0153. The highest BCUT2D eigenvalue weighted by atomic mass is 16.5. The molecule has 1 fully saturated rings. The summed E-state index contributed by atoms with van der Waals surface area (Å²) in [5, 5.41) is 40.4. The lowest BCUT2D eigenvalue weighted by Crippen LogP contribution is -2.55. The smallest absolute Gasteiger partial charge is 0.220 e. The molecule has 0 aromatic heterocycles. The van der Waals surface area contributed by atoms with Crippen LogP contribution in [0.4, 0.5) is 0 Å². The first-order valence-corrected chi connectivity index (χ1v) is 11.1. The van der Waals surface area contributed by atoms with Crippen LogP contribution >= 0.6 is 0 Å². The number of benzene rings is 2. The van der Waals surface area contributed by atoms with Crippen LogP contribution in [0.25, 0.3) is 0 Å². The second-order valence-electron chi connectivity index (χ2n) is 8.67. The summed E-state index contributed by atoms with van der Waals surface area (Å²) in [6, 6.07) is 13.7. The number of fused-ring (bicyclic) bond motifs is 1. The second-order valence-corrected chi connectivity index (χ2v) is 8.67. The maximum atomic E-state index is 12.5. The molecule has 0 radical (unpaired) electrons. The monoisotopic (exact) mass is 441 g/mol. The van der Waals surface area contributed by atoms with Gasteiger partial charge < -0.3 is 30.1 Å². The molecular formula is C25H31NO6. The number of rotatable bonds is 4. The fourth-order valence-corrected chi connectivity index (χ4v) is 4.82. The lowest BCUT2D eigenvalue weighted by molar-refractivity contribution is -0.231. The molecule has 2 aliphatic heterocycles.